The summed E-state index contributed by atoms with van der Waals surface area (Å²) in [4.78, 5) is 12.5. The van der Waals surface area contributed by atoms with E-state index in [-0.39, 0.29) is 11.3 Å². The van der Waals surface area contributed by atoms with Gasteiger partial charge in [-0.1, -0.05) is 18.2 Å². The van der Waals surface area contributed by atoms with Crippen LogP contribution in [0.1, 0.15) is 31.2 Å². The molecule has 2 aliphatic rings. The fourth-order valence-corrected chi connectivity index (χ4v) is 3.74. The van der Waals surface area contributed by atoms with E-state index < -0.39 is 6.10 Å². The molecule has 0 radical (unpaired) electrons. The van der Waals surface area contributed by atoms with Crippen molar-refractivity contribution >= 4 is 11.6 Å². The molecular formula is C17H24N2O3. The number of carbonyl (C=O) groups is 1. The van der Waals surface area contributed by atoms with Gasteiger partial charge >= 0.3 is 0 Å². The largest absolute Gasteiger partial charge is 0.389 e. The van der Waals surface area contributed by atoms with Gasteiger partial charge in [-0.25, -0.2) is 0 Å². The molecule has 1 saturated carbocycles. The predicted octanol–water partition coefficient (Wildman–Crippen LogP) is 1.42. The molecule has 3 rings (SSSR count). The smallest absolute Gasteiger partial charge is 0.235 e. The van der Waals surface area contributed by atoms with Gasteiger partial charge in [-0.15, -0.1) is 0 Å². The van der Waals surface area contributed by atoms with Crippen LogP contribution in [0.2, 0.25) is 0 Å². The van der Waals surface area contributed by atoms with Crippen LogP contribution < -0.4 is 10.6 Å². The molecule has 1 fully saturated rings. The van der Waals surface area contributed by atoms with E-state index in [1.54, 1.807) is 7.11 Å². The first-order valence-electron chi connectivity index (χ1n) is 7.97. The lowest BCUT2D eigenvalue weighted by molar-refractivity contribution is -0.122. The molecule has 1 aliphatic heterocycles. The van der Waals surface area contributed by atoms with E-state index in [4.69, 9.17) is 4.74 Å². The summed E-state index contributed by atoms with van der Waals surface area (Å²) in [6, 6.07) is 8.38. The molecule has 0 aromatic heterocycles. The zero-order chi connectivity index (χ0) is 15.6. The van der Waals surface area contributed by atoms with Gasteiger partial charge in [0.1, 0.15) is 0 Å². The highest BCUT2D eigenvalue weighted by Crippen LogP contribution is 2.47. The van der Waals surface area contributed by atoms with Crippen molar-refractivity contribution in [3.63, 3.8) is 0 Å². The number of para-hydroxylation sites is 1. The molecule has 1 heterocycles. The summed E-state index contributed by atoms with van der Waals surface area (Å²) in [5.74, 6) is 0.145. The number of methoxy groups -OCH3 is 1. The van der Waals surface area contributed by atoms with Gasteiger partial charge < -0.3 is 20.5 Å². The topological polar surface area (TPSA) is 70.6 Å². The number of aliphatic hydroxyl groups is 1. The summed E-state index contributed by atoms with van der Waals surface area (Å²) in [6.45, 7) is 0.883. The van der Waals surface area contributed by atoms with Crippen molar-refractivity contribution in [3.05, 3.63) is 29.8 Å². The van der Waals surface area contributed by atoms with Crippen LogP contribution in [-0.4, -0.2) is 43.4 Å². The molecule has 1 aromatic rings. The third kappa shape index (κ3) is 2.76. The van der Waals surface area contributed by atoms with Gasteiger partial charge in [0.2, 0.25) is 5.91 Å². The second-order valence-electron chi connectivity index (χ2n) is 6.37. The lowest BCUT2D eigenvalue weighted by Crippen LogP contribution is -2.45. The molecule has 1 aliphatic carbocycles. The van der Waals surface area contributed by atoms with Crippen LogP contribution in [0.3, 0.4) is 0 Å². The van der Waals surface area contributed by atoms with Crippen molar-refractivity contribution in [1.29, 1.82) is 0 Å². The fraction of sp³-hybridized carbons (Fsp3) is 0.588. The first-order chi connectivity index (χ1) is 10.7. The van der Waals surface area contributed by atoms with Gasteiger partial charge in [0.05, 0.1) is 18.1 Å². The Hall–Kier alpha value is -1.43. The maximum absolute atomic E-state index is 12.5. The molecule has 3 N–H and O–H groups in total. The van der Waals surface area contributed by atoms with Crippen LogP contribution in [-0.2, 0) is 14.9 Å². The average molecular weight is 304 g/mol. The Kier molecular flexibility index (Phi) is 4.47. The first-order valence-corrected chi connectivity index (χ1v) is 7.97. The van der Waals surface area contributed by atoms with Crippen LogP contribution in [0.4, 0.5) is 5.69 Å². The normalized spacial score (nSPS) is 28.5. The van der Waals surface area contributed by atoms with E-state index in [9.17, 15) is 9.90 Å². The molecule has 5 nitrogen and oxygen atoms in total. The molecule has 1 spiro atoms. The summed E-state index contributed by atoms with van der Waals surface area (Å²) in [5.41, 5.74) is 1.77. The first kappa shape index (κ1) is 15.5. The maximum Gasteiger partial charge on any atom is 0.235 e. The minimum Gasteiger partial charge on any atom is -0.389 e. The predicted molar refractivity (Wildman–Crippen MR) is 84.9 cm³/mol. The quantitative estimate of drug-likeness (QED) is 0.769. The average Bonchev–Trinajstić information content (AvgIpc) is 2.80. The van der Waals surface area contributed by atoms with E-state index in [2.05, 4.69) is 16.7 Å². The zero-order valence-electron chi connectivity index (χ0n) is 13.0. The number of benzene rings is 1. The molecule has 0 saturated heterocycles. The summed E-state index contributed by atoms with van der Waals surface area (Å²) >= 11 is 0. The summed E-state index contributed by atoms with van der Waals surface area (Å²) in [7, 11) is 1.59. The minimum atomic E-state index is -0.476. The third-order valence-corrected chi connectivity index (χ3v) is 4.97. The number of nitrogens with one attached hydrogen (secondary N) is 2. The van der Waals surface area contributed by atoms with Gasteiger partial charge in [0.25, 0.3) is 0 Å². The molecule has 0 unspecified atom stereocenters. The highest BCUT2D eigenvalue weighted by atomic mass is 16.5. The molecule has 0 bridgehead atoms. The number of ether oxygens (including phenoxy) is 1. The van der Waals surface area contributed by atoms with E-state index in [1.807, 2.05) is 18.2 Å². The van der Waals surface area contributed by atoms with Gasteiger partial charge in [-0.2, -0.15) is 0 Å². The Morgan fingerprint density at radius 2 is 2.14 bits per heavy atom. The lowest BCUT2D eigenvalue weighted by Gasteiger charge is -2.36. The Balaban J connectivity index is 1.61. The van der Waals surface area contributed by atoms with Crippen LogP contribution in [0, 0.1) is 0 Å². The highest BCUT2D eigenvalue weighted by Gasteiger charge is 2.48. The summed E-state index contributed by atoms with van der Waals surface area (Å²) < 4.78 is 4.93. The molecule has 22 heavy (non-hydrogen) atoms. The maximum atomic E-state index is 12.5. The number of fused-ring (bicyclic) bond motifs is 2. The van der Waals surface area contributed by atoms with Crippen molar-refractivity contribution in [3.8, 4) is 0 Å². The summed E-state index contributed by atoms with van der Waals surface area (Å²) in [6.07, 6.45) is 3.13. The van der Waals surface area contributed by atoms with Gasteiger partial charge in [0, 0.05) is 25.4 Å². The van der Waals surface area contributed by atoms with E-state index in [1.165, 1.54) is 0 Å². The number of anilines is 1. The van der Waals surface area contributed by atoms with E-state index in [0.717, 1.165) is 36.9 Å². The summed E-state index contributed by atoms with van der Waals surface area (Å²) in [5, 5.41) is 16.1. The fourth-order valence-electron chi connectivity index (χ4n) is 3.74. The van der Waals surface area contributed by atoms with Gasteiger partial charge in [-0.3, -0.25) is 4.79 Å². The number of aliphatic hydroxyl groups excluding tert-OH is 1. The van der Waals surface area contributed by atoms with Gasteiger partial charge in [0.15, 0.2) is 0 Å². The molecule has 1 amide bonds. The van der Waals surface area contributed by atoms with Gasteiger partial charge in [-0.05, 0) is 37.3 Å². The van der Waals surface area contributed by atoms with Crippen molar-refractivity contribution in [1.82, 2.24) is 5.32 Å². The minimum absolute atomic E-state index is 0.145. The molecule has 1 atom stereocenters. The Bertz CT molecular complexity index is 538. The monoisotopic (exact) mass is 304 g/mol. The van der Waals surface area contributed by atoms with Crippen molar-refractivity contribution in [2.45, 2.75) is 43.2 Å². The second kappa shape index (κ2) is 6.36. The van der Waals surface area contributed by atoms with Crippen LogP contribution in [0.25, 0.3) is 0 Å². The number of amides is 1. The standard InChI is InChI=1S/C17H24N2O3/c1-22-11-13(20)10-18-12-6-8-17(9-7-12)14-4-2-3-5-15(14)19-16(17)21/h2-5,12-13,18,20H,6-11H2,1H3,(H,19,21)/t12?,13-,17?/m0/s1. The molecule has 5 heteroatoms. The van der Waals surface area contributed by atoms with Crippen molar-refractivity contribution in [2.24, 2.45) is 0 Å². The number of hydrogen-bond acceptors (Lipinski definition) is 4. The zero-order valence-corrected chi connectivity index (χ0v) is 13.0. The number of rotatable bonds is 5. The highest BCUT2D eigenvalue weighted by molar-refractivity contribution is 6.06. The Labute approximate surface area is 131 Å². The molecular weight excluding hydrogens is 280 g/mol. The van der Waals surface area contributed by atoms with Crippen molar-refractivity contribution < 1.29 is 14.6 Å². The lowest BCUT2D eigenvalue weighted by atomic mass is 9.69. The number of hydrogen-bond donors (Lipinski definition) is 3. The Morgan fingerprint density at radius 3 is 2.86 bits per heavy atom. The number of carbonyl (C=O) groups excluding carboxylic acids is 1. The van der Waals surface area contributed by atoms with Crippen molar-refractivity contribution in [2.75, 3.05) is 25.6 Å². The SMILES string of the molecule is COC[C@@H](O)CNC1CCC2(CC1)C(=O)Nc1ccccc12. The molecule has 1 aromatic carbocycles. The van der Waals surface area contributed by atoms with E-state index >= 15 is 0 Å². The Morgan fingerprint density at radius 1 is 1.41 bits per heavy atom. The second-order valence-corrected chi connectivity index (χ2v) is 6.37. The van der Waals surface area contributed by atoms with Crippen LogP contribution in [0.15, 0.2) is 24.3 Å². The van der Waals surface area contributed by atoms with Crippen LogP contribution >= 0.6 is 0 Å². The van der Waals surface area contributed by atoms with Crippen LogP contribution in [0.5, 0.6) is 0 Å². The van der Waals surface area contributed by atoms with E-state index in [0.29, 0.717) is 19.2 Å². The molecule has 120 valence electrons. The third-order valence-electron chi connectivity index (χ3n) is 4.97.